The van der Waals surface area contributed by atoms with Crippen molar-refractivity contribution in [2.24, 2.45) is 5.92 Å². The van der Waals surface area contributed by atoms with Gasteiger partial charge in [0.25, 0.3) is 5.91 Å². The van der Waals surface area contributed by atoms with E-state index in [4.69, 9.17) is 4.74 Å². The van der Waals surface area contributed by atoms with Gasteiger partial charge < -0.3 is 9.64 Å². The van der Waals surface area contributed by atoms with Crippen LogP contribution >= 0.6 is 0 Å². The Morgan fingerprint density at radius 2 is 2.08 bits per heavy atom. The number of nitrogens with zero attached hydrogens (tertiary/aromatic N) is 2. The van der Waals surface area contributed by atoms with Crippen molar-refractivity contribution >= 4 is 5.91 Å². The predicted octanol–water partition coefficient (Wildman–Crippen LogP) is 3.11. The Labute approximate surface area is 143 Å². The van der Waals surface area contributed by atoms with Gasteiger partial charge in [0.2, 0.25) is 0 Å². The van der Waals surface area contributed by atoms with Gasteiger partial charge in [-0.05, 0) is 37.5 Å². The zero-order valence-corrected chi connectivity index (χ0v) is 14.3. The molecule has 0 aliphatic carbocycles. The summed E-state index contributed by atoms with van der Waals surface area (Å²) in [6.07, 6.45) is 5.34. The molecule has 0 radical (unpaired) electrons. The SMILES string of the molecule is CO[C@H]1CCN(C(=O)c2ccncc2)C[C@@H]1Cc1cccc(C)c1. The summed E-state index contributed by atoms with van der Waals surface area (Å²) in [6, 6.07) is 12.1. The van der Waals surface area contributed by atoms with E-state index >= 15 is 0 Å². The summed E-state index contributed by atoms with van der Waals surface area (Å²) in [6.45, 7) is 3.58. The van der Waals surface area contributed by atoms with Gasteiger partial charge in [0.1, 0.15) is 0 Å². The maximum absolute atomic E-state index is 12.7. The third-order valence-electron chi connectivity index (χ3n) is 4.76. The minimum Gasteiger partial charge on any atom is -0.381 e. The molecule has 1 saturated heterocycles. The number of carbonyl (C=O) groups is 1. The van der Waals surface area contributed by atoms with Gasteiger partial charge >= 0.3 is 0 Å². The normalized spacial score (nSPS) is 20.8. The third-order valence-corrected chi connectivity index (χ3v) is 4.76. The number of carbonyl (C=O) groups excluding carboxylic acids is 1. The number of ether oxygens (including phenoxy) is 1. The molecule has 1 fully saturated rings. The summed E-state index contributed by atoms with van der Waals surface area (Å²) < 4.78 is 5.69. The molecular formula is C20H24N2O2. The Kier molecular flexibility index (Phi) is 5.26. The van der Waals surface area contributed by atoms with E-state index in [1.807, 2.05) is 4.90 Å². The van der Waals surface area contributed by atoms with Crippen molar-refractivity contribution in [2.75, 3.05) is 20.2 Å². The molecule has 0 spiro atoms. The molecule has 1 aromatic carbocycles. The first-order valence-electron chi connectivity index (χ1n) is 8.45. The molecule has 4 heteroatoms. The van der Waals surface area contributed by atoms with Crippen LogP contribution in [0.3, 0.4) is 0 Å². The van der Waals surface area contributed by atoms with Crippen molar-refractivity contribution in [3.8, 4) is 0 Å². The number of methoxy groups -OCH3 is 1. The molecule has 1 aromatic heterocycles. The second kappa shape index (κ2) is 7.58. The summed E-state index contributed by atoms with van der Waals surface area (Å²) in [5, 5.41) is 0. The van der Waals surface area contributed by atoms with Crippen molar-refractivity contribution in [3.05, 3.63) is 65.5 Å². The minimum absolute atomic E-state index is 0.0844. The molecule has 1 aliphatic heterocycles. The average Bonchev–Trinajstić information content (AvgIpc) is 2.62. The number of aryl methyl sites for hydroxylation is 1. The Hall–Kier alpha value is -2.20. The molecule has 2 atom stereocenters. The Bertz CT molecular complexity index is 687. The van der Waals surface area contributed by atoms with Crippen molar-refractivity contribution in [3.63, 3.8) is 0 Å². The van der Waals surface area contributed by atoms with Crippen LogP contribution in [-0.2, 0) is 11.2 Å². The summed E-state index contributed by atoms with van der Waals surface area (Å²) >= 11 is 0. The monoisotopic (exact) mass is 324 g/mol. The molecule has 2 heterocycles. The van der Waals surface area contributed by atoms with E-state index in [1.165, 1.54) is 11.1 Å². The molecule has 3 rings (SSSR count). The number of aromatic nitrogens is 1. The highest BCUT2D eigenvalue weighted by molar-refractivity contribution is 5.94. The number of pyridine rings is 1. The number of rotatable bonds is 4. The first-order chi connectivity index (χ1) is 11.7. The Morgan fingerprint density at radius 1 is 1.29 bits per heavy atom. The van der Waals surface area contributed by atoms with Crippen LogP contribution in [0.5, 0.6) is 0 Å². The van der Waals surface area contributed by atoms with Crippen LogP contribution < -0.4 is 0 Å². The molecule has 0 unspecified atom stereocenters. The van der Waals surface area contributed by atoms with Gasteiger partial charge in [0.05, 0.1) is 6.10 Å². The summed E-state index contributed by atoms with van der Waals surface area (Å²) in [5.41, 5.74) is 3.28. The first kappa shape index (κ1) is 16.7. The number of benzene rings is 1. The van der Waals surface area contributed by atoms with Gasteiger partial charge in [-0.25, -0.2) is 0 Å². The van der Waals surface area contributed by atoms with Crippen LogP contribution in [0.2, 0.25) is 0 Å². The van der Waals surface area contributed by atoms with E-state index in [1.54, 1.807) is 31.6 Å². The highest BCUT2D eigenvalue weighted by Crippen LogP contribution is 2.25. The van der Waals surface area contributed by atoms with Gasteiger partial charge in [0, 0.05) is 44.1 Å². The minimum atomic E-state index is 0.0844. The molecule has 4 nitrogen and oxygen atoms in total. The molecule has 126 valence electrons. The van der Waals surface area contributed by atoms with Crippen molar-refractivity contribution in [1.29, 1.82) is 0 Å². The zero-order chi connectivity index (χ0) is 16.9. The van der Waals surface area contributed by atoms with Gasteiger partial charge in [-0.15, -0.1) is 0 Å². The molecule has 1 aliphatic rings. The fourth-order valence-corrected chi connectivity index (χ4v) is 3.52. The lowest BCUT2D eigenvalue weighted by Crippen LogP contribution is -2.47. The summed E-state index contributed by atoms with van der Waals surface area (Å²) in [7, 11) is 1.77. The van der Waals surface area contributed by atoms with Crippen molar-refractivity contribution in [2.45, 2.75) is 25.9 Å². The number of amides is 1. The van der Waals surface area contributed by atoms with Crippen LogP contribution in [0.4, 0.5) is 0 Å². The maximum Gasteiger partial charge on any atom is 0.253 e. The fourth-order valence-electron chi connectivity index (χ4n) is 3.52. The van der Waals surface area contributed by atoms with Crippen molar-refractivity contribution in [1.82, 2.24) is 9.88 Å². The Morgan fingerprint density at radius 3 is 2.79 bits per heavy atom. The van der Waals surface area contributed by atoms with E-state index in [9.17, 15) is 4.79 Å². The second-order valence-corrected chi connectivity index (χ2v) is 6.50. The van der Waals surface area contributed by atoms with E-state index in [0.717, 1.165) is 25.9 Å². The maximum atomic E-state index is 12.7. The predicted molar refractivity (Wildman–Crippen MR) is 93.9 cm³/mol. The average molecular weight is 324 g/mol. The van der Waals surface area contributed by atoms with Crippen LogP contribution in [0.15, 0.2) is 48.8 Å². The highest BCUT2D eigenvalue weighted by Gasteiger charge is 2.32. The number of hydrogen-bond acceptors (Lipinski definition) is 3. The molecule has 24 heavy (non-hydrogen) atoms. The standard InChI is InChI=1S/C20H24N2O2/c1-15-4-3-5-16(12-15)13-18-14-22(11-8-19(18)24-2)20(23)17-6-9-21-10-7-17/h3-7,9-10,12,18-19H,8,11,13-14H2,1-2H3/t18-,19-/m0/s1. The number of likely N-dealkylation sites (tertiary alicyclic amines) is 1. The molecule has 0 bridgehead atoms. The summed E-state index contributed by atoms with van der Waals surface area (Å²) in [4.78, 5) is 18.6. The quantitative estimate of drug-likeness (QED) is 0.868. The van der Waals surface area contributed by atoms with Crippen LogP contribution in [0.1, 0.15) is 27.9 Å². The van der Waals surface area contributed by atoms with E-state index < -0.39 is 0 Å². The van der Waals surface area contributed by atoms with E-state index in [-0.39, 0.29) is 12.0 Å². The largest absolute Gasteiger partial charge is 0.381 e. The summed E-state index contributed by atoms with van der Waals surface area (Å²) in [5.74, 6) is 0.400. The van der Waals surface area contributed by atoms with Crippen LogP contribution in [0, 0.1) is 12.8 Å². The van der Waals surface area contributed by atoms with Gasteiger partial charge in [-0.2, -0.15) is 0 Å². The molecule has 0 N–H and O–H groups in total. The van der Waals surface area contributed by atoms with Gasteiger partial charge in [-0.3, -0.25) is 9.78 Å². The zero-order valence-electron chi connectivity index (χ0n) is 14.3. The lowest BCUT2D eigenvalue weighted by molar-refractivity contribution is -0.00300. The molecule has 1 amide bonds. The lowest BCUT2D eigenvalue weighted by Gasteiger charge is -2.38. The van der Waals surface area contributed by atoms with Gasteiger partial charge in [-0.1, -0.05) is 29.8 Å². The van der Waals surface area contributed by atoms with Crippen LogP contribution in [-0.4, -0.2) is 42.1 Å². The highest BCUT2D eigenvalue weighted by atomic mass is 16.5. The molecule has 2 aromatic rings. The van der Waals surface area contributed by atoms with Gasteiger partial charge in [0.15, 0.2) is 0 Å². The lowest BCUT2D eigenvalue weighted by atomic mass is 9.88. The molecular weight excluding hydrogens is 300 g/mol. The molecule has 0 saturated carbocycles. The number of piperidine rings is 1. The smallest absolute Gasteiger partial charge is 0.253 e. The third kappa shape index (κ3) is 3.82. The number of hydrogen-bond donors (Lipinski definition) is 0. The Balaban J connectivity index is 1.73. The van der Waals surface area contributed by atoms with E-state index in [0.29, 0.717) is 11.5 Å². The van der Waals surface area contributed by atoms with E-state index in [2.05, 4.69) is 36.2 Å². The van der Waals surface area contributed by atoms with Crippen molar-refractivity contribution < 1.29 is 9.53 Å². The second-order valence-electron chi connectivity index (χ2n) is 6.50. The topological polar surface area (TPSA) is 42.4 Å². The van der Waals surface area contributed by atoms with Crippen LogP contribution in [0.25, 0.3) is 0 Å². The first-order valence-corrected chi connectivity index (χ1v) is 8.45. The fraction of sp³-hybridized carbons (Fsp3) is 0.400.